The van der Waals surface area contributed by atoms with Gasteiger partial charge in [-0.1, -0.05) is 164 Å². The second-order valence-corrected chi connectivity index (χ2v) is 14.8. The third-order valence-electron chi connectivity index (χ3n) is 10.5. The Morgan fingerprint density at radius 3 is 1.48 bits per heavy atom. The molecule has 0 saturated heterocycles. The van der Waals surface area contributed by atoms with Crippen molar-refractivity contribution in [3.63, 3.8) is 0 Å². The maximum absolute atomic E-state index is 2.36. The Labute approximate surface area is 319 Å². The average molecular weight is 706 g/mol. The molecule has 0 fully saturated rings. The molecule has 10 aromatic rings. The van der Waals surface area contributed by atoms with Gasteiger partial charge >= 0.3 is 0 Å². The summed E-state index contributed by atoms with van der Waals surface area (Å²) in [4.78, 5) is 2.36. The van der Waals surface area contributed by atoms with Crippen molar-refractivity contribution in [2.24, 2.45) is 0 Å². The number of rotatable bonds is 7. The van der Waals surface area contributed by atoms with Gasteiger partial charge in [-0.25, -0.2) is 0 Å². The van der Waals surface area contributed by atoms with E-state index in [9.17, 15) is 0 Å². The SMILES string of the molecule is c1ccc(-c2ccc(N(c3ccc(-c4ccc5ccccc5c4)cc3)c3ccc(-c4ccc5c(sc6ccccc65)c4-c4ccccc4)cc3)cc2)cc1. The van der Waals surface area contributed by atoms with Crippen molar-refractivity contribution in [3.05, 3.63) is 212 Å². The summed E-state index contributed by atoms with van der Waals surface area (Å²) >= 11 is 1.89. The van der Waals surface area contributed by atoms with E-state index in [-0.39, 0.29) is 0 Å². The zero-order valence-electron chi connectivity index (χ0n) is 29.6. The van der Waals surface area contributed by atoms with Gasteiger partial charge in [0.15, 0.2) is 0 Å². The van der Waals surface area contributed by atoms with Crippen molar-refractivity contribution in [1.82, 2.24) is 0 Å². The van der Waals surface area contributed by atoms with Crippen LogP contribution in [-0.4, -0.2) is 0 Å². The highest BCUT2D eigenvalue weighted by Crippen LogP contribution is 2.45. The third kappa shape index (κ3) is 5.84. The third-order valence-corrected chi connectivity index (χ3v) is 11.7. The molecule has 0 radical (unpaired) electrons. The number of hydrogen-bond acceptors (Lipinski definition) is 2. The molecule has 0 spiro atoms. The van der Waals surface area contributed by atoms with Crippen LogP contribution in [0.15, 0.2) is 212 Å². The minimum atomic E-state index is 1.11. The van der Waals surface area contributed by atoms with Gasteiger partial charge in [0.05, 0.1) is 0 Å². The van der Waals surface area contributed by atoms with E-state index in [4.69, 9.17) is 0 Å². The number of benzene rings is 9. The fourth-order valence-electron chi connectivity index (χ4n) is 7.76. The smallest absolute Gasteiger partial charge is 0.0462 e. The molecule has 0 N–H and O–H groups in total. The first-order valence-corrected chi connectivity index (χ1v) is 19.2. The van der Waals surface area contributed by atoms with E-state index >= 15 is 0 Å². The van der Waals surface area contributed by atoms with E-state index in [0.717, 1.165) is 17.1 Å². The van der Waals surface area contributed by atoms with E-state index in [1.165, 1.54) is 75.5 Å². The largest absolute Gasteiger partial charge is 0.311 e. The van der Waals surface area contributed by atoms with Gasteiger partial charge in [0, 0.05) is 42.8 Å². The van der Waals surface area contributed by atoms with E-state index in [1.807, 2.05) is 11.3 Å². The van der Waals surface area contributed by atoms with Gasteiger partial charge in [-0.2, -0.15) is 0 Å². The maximum Gasteiger partial charge on any atom is 0.0462 e. The molecule has 54 heavy (non-hydrogen) atoms. The number of nitrogens with zero attached hydrogens (tertiary/aromatic N) is 1. The highest BCUT2D eigenvalue weighted by molar-refractivity contribution is 7.26. The van der Waals surface area contributed by atoms with Crippen molar-refractivity contribution in [2.75, 3.05) is 4.90 Å². The molecular weight excluding hydrogens is 671 g/mol. The normalized spacial score (nSPS) is 11.3. The second kappa shape index (κ2) is 13.7. The van der Waals surface area contributed by atoms with Gasteiger partial charge in [0.2, 0.25) is 0 Å². The molecule has 2 heteroatoms. The Balaban J connectivity index is 1.07. The van der Waals surface area contributed by atoms with Crippen LogP contribution >= 0.6 is 11.3 Å². The lowest BCUT2D eigenvalue weighted by Gasteiger charge is -2.26. The summed E-state index contributed by atoms with van der Waals surface area (Å²) in [5.74, 6) is 0. The second-order valence-electron chi connectivity index (χ2n) is 13.7. The lowest BCUT2D eigenvalue weighted by atomic mass is 9.92. The zero-order valence-corrected chi connectivity index (χ0v) is 30.4. The summed E-state index contributed by atoms with van der Waals surface area (Å²) < 4.78 is 2.65. The van der Waals surface area contributed by atoms with Crippen molar-refractivity contribution in [3.8, 4) is 44.5 Å². The van der Waals surface area contributed by atoms with Crippen molar-refractivity contribution >= 4 is 59.3 Å². The molecule has 0 aliphatic rings. The predicted molar refractivity (Wildman–Crippen MR) is 233 cm³/mol. The molecule has 254 valence electrons. The van der Waals surface area contributed by atoms with Gasteiger partial charge in [0.25, 0.3) is 0 Å². The highest BCUT2D eigenvalue weighted by Gasteiger charge is 2.18. The maximum atomic E-state index is 2.36. The monoisotopic (exact) mass is 705 g/mol. The Bertz CT molecular complexity index is 2890. The molecule has 0 unspecified atom stereocenters. The molecular formula is C52H35NS. The van der Waals surface area contributed by atoms with Crippen LogP contribution in [0.5, 0.6) is 0 Å². The van der Waals surface area contributed by atoms with Gasteiger partial charge in [-0.05, 0) is 98.2 Å². The van der Waals surface area contributed by atoms with Crippen LogP contribution in [0.4, 0.5) is 17.1 Å². The zero-order chi connectivity index (χ0) is 35.8. The van der Waals surface area contributed by atoms with Crippen LogP contribution in [-0.2, 0) is 0 Å². The van der Waals surface area contributed by atoms with Crippen LogP contribution in [0, 0.1) is 0 Å². The molecule has 0 saturated carbocycles. The molecule has 1 aromatic heterocycles. The number of fused-ring (bicyclic) bond motifs is 4. The Hall–Kier alpha value is -6.74. The fraction of sp³-hybridized carbons (Fsp3) is 0. The topological polar surface area (TPSA) is 3.24 Å². The minimum absolute atomic E-state index is 1.11. The van der Waals surface area contributed by atoms with Gasteiger partial charge in [-0.15, -0.1) is 11.3 Å². The standard InChI is InChI=1S/C52H35NS/c1-3-11-36(12-4-1)38-21-27-44(28-22-38)53(45-29-23-39(24-30-45)43-20-19-37-13-7-8-16-42(37)35-43)46-31-25-40(26-32-46)47-33-34-49-48-17-9-10-18-50(48)54-52(49)51(47)41-14-5-2-6-15-41/h1-35H. The number of anilines is 3. The molecule has 0 aliphatic heterocycles. The van der Waals surface area contributed by atoms with Gasteiger partial charge in [0.1, 0.15) is 0 Å². The van der Waals surface area contributed by atoms with Crippen LogP contribution < -0.4 is 4.90 Å². The number of hydrogen-bond donors (Lipinski definition) is 0. The van der Waals surface area contributed by atoms with Crippen LogP contribution in [0.2, 0.25) is 0 Å². The molecule has 0 atom stereocenters. The molecule has 0 aliphatic carbocycles. The van der Waals surface area contributed by atoms with E-state index in [0.29, 0.717) is 0 Å². The van der Waals surface area contributed by atoms with Crippen molar-refractivity contribution in [1.29, 1.82) is 0 Å². The fourth-order valence-corrected chi connectivity index (χ4v) is 9.04. The Morgan fingerprint density at radius 1 is 0.315 bits per heavy atom. The summed E-state index contributed by atoms with van der Waals surface area (Å²) in [6.07, 6.45) is 0. The van der Waals surface area contributed by atoms with E-state index < -0.39 is 0 Å². The van der Waals surface area contributed by atoms with Crippen LogP contribution in [0.25, 0.3) is 75.5 Å². The first-order valence-electron chi connectivity index (χ1n) is 18.4. The lowest BCUT2D eigenvalue weighted by molar-refractivity contribution is 1.28. The summed E-state index contributed by atoms with van der Waals surface area (Å²) in [6, 6.07) is 77.0. The quantitative estimate of drug-likeness (QED) is 0.160. The summed E-state index contributed by atoms with van der Waals surface area (Å²) in [5.41, 5.74) is 13.1. The minimum Gasteiger partial charge on any atom is -0.311 e. The van der Waals surface area contributed by atoms with E-state index in [1.54, 1.807) is 0 Å². The Morgan fingerprint density at radius 2 is 0.815 bits per heavy atom. The van der Waals surface area contributed by atoms with E-state index in [2.05, 4.69) is 217 Å². The van der Waals surface area contributed by atoms with Gasteiger partial charge in [-0.3, -0.25) is 0 Å². The lowest BCUT2D eigenvalue weighted by Crippen LogP contribution is -2.09. The number of thiophene rings is 1. The average Bonchev–Trinajstić information content (AvgIpc) is 3.63. The highest BCUT2D eigenvalue weighted by atomic mass is 32.1. The molecule has 0 amide bonds. The molecule has 10 rings (SSSR count). The first kappa shape index (κ1) is 32.0. The summed E-state index contributed by atoms with van der Waals surface area (Å²) in [6.45, 7) is 0. The summed E-state index contributed by atoms with van der Waals surface area (Å²) in [7, 11) is 0. The van der Waals surface area contributed by atoms with Crippen LogP contribution in [0.1, 0.15) is 0 Å². The van der Waals surface area contributed by atoms with Crippen molar-refractivity contribution in [2.45, 2.75) is 0 Å². The molecule has 0 bridgehead atoms. The molecule has 1 heterocycles. The first-order chi connectivity index (χ1) is 26.8. The summed E-state index contributed by atoms with van der Waals surface area (Å²) in [5, 5.41) is 5.14. The Kier molecular flexibility index (Phi) is 8.09. The van der Waals surface area contributed by atoms with Gasteiger partial charge < -0.3 is 4.90 Å². The molecule has 1 nitrogen and oxygen atoms in total. The predicted octanol–water partition coefficient (Wildman–Crippen LogP) is 15.3. The van der Waals surface area contributed by atoms with Crippen LogP contribution in [0.3, 0.4) is 0 Å². The molecule has 9 aromatic carbocycles. The van der Waals surface area contributed by atoms with Crippen molar-refractivity contribution < 1.29 is 0 Å².